The standard InChI is InChI=1S/C17H18N2O4S/c20-19(21)14-7-12(17-13(8-14)10-22-11-23-17)9-18-5-1-3-15(18)16-4-2-6-24-16/h2,4,6-8,15H,1,3,5,9-11H2. The van der Waals surface area contributed by atoms with E-state index in [0.29, 0.717) is 19.2 Å². The number of nitrogens with zero attached hydrogens (tertiary/aromatic N) is 2. The van der Waals surface area contributed by atoms with Crippen LogP contribution in [0.5, 0.6) is 5.75 Å². The molecule has 24 heavy (non-hydrogen) atoms. The molecule has 2 aliphatic rings. The van der Waals surface area contributed by atoms with Gasteiger partial charge >= 0.3 is 0 Å². The van der Waals surface area contributed by atoms with Gasteiger partial charge in [0, 0.05) is 40.7 Å². The molecular formula is C17H18N2O4S. The van der Waals surface area contributed by atoms with Crippen LogP contribution in [0.15, 0.2) is 29.6 Å². The monoisotopic (exact) mass is 346 g/mol. The molecule has 0 aliphatic carbocycles. The molecule has 1 aromatic heterocycles. The second kappa shape index (κ2) is 6.51. The fourth-order valence-corrected chi connectivity index (χ4v) is 4.44. The Morgan fingerprint density at radius 2 is 2.33 bits per heavy atom. The molecule has 0 spiro atoms. The Morgan fingerprint density at radius 3 is 3.12 bits per heavy atom. The molecule has 2 aliphatic heterocycles. The normalized spacial score (nSPS) is 20.6. The number of nitro groups is 1. The Labute approximate surface area is 143 Å². The van der Waals surface area contributed by atoms with Gasteiger partial charge in [0.25, 0.3) is 5.69 Å². The van der Waals surface area contributed by atoms with Crippen molar-refractivity contribution in [2.24, 2.45) is 0 Å². The summed E-state index contributed by atoms with van der Waals surface area (Å²) in [6.45, 7) is 2.22. The molecule has 3 heterocycles. The molecular weight excluding hydrogens is 328 g/mol. The summed E-state index contributed by atoms with van der Waals surface area (Å²) in [4.78, 5) is 14.6. The highest BCUT2D eigenvalue weighted by Crippen LogP contribution is 2.39. The first kappa shape index (κ1) is 15.6. The van der Waals surface area contributed by atoms with E-state index in [1.165, 1.54) is 4.88 Å². The minimum Gasteiger partial charge on any atom is -0.467 e. The summed E-state index contributed by atoms with van der Waals surface area (Å²) in [6, 6.07) is 7.83. The number of non-ortho nitro benzene ring substituents is 1. The summed E-state index contributed by atoms with van der Waals surface area (Å²) in [5.74, 6) is 0.753. The Morgan fingerprint density at radius 1 is 1.42 bits per heavy atom. The molecule has 0 amide bonds. The smallest absolute Gasteiger partial charge is 0.270 e. The first-order valence-corrected chi connectivity index (χ1v) is 8.88. The van der Waals surface area contributed by atoms with Gasteiger partial charge in [0.05, 0.1) is 11.5 Å². The fraction of sp³-hybridized carbons (Fsp3) is 0.412. The van der Waals surface area contributed by atoms with Crippen molar-refractivity contribution in [1.29, 1.82) is 0 Å². The largest absolute Gasteiger partial charge is 0.467 e. The van der Waals surface area contributed by atoms with Gasteiger partial charge in [0.2, 0.25) is 0 Å². The van der Waals surface area contributed by atoms with Crippen molar-refractivity contribution in [3.05, 3.63) is 55.8 Å². The van der Waals surface area contributed by atoms with E-state index >= 15 is 0 Å². The number of thiophene rings is 1. The SMILES string of the molecule is O=[N+]([O-])c1cc2c(c(CN3CCCC3c3cccs3)c1)OCOC2. The van der Waals surface area contributed by atoms with Gasteiger partial charge in [-0.2, -0.15) is 0 Å². The van der Waals surface area contributed by atoms with Gasteiger partial charge in [-0.1, -0.05) is 6.07 Å². The van der Waals surface area contributed by atoms with Crippen LogP contribution in [-0.4, -0.2) is 23.2 Å². The topological polar surface area (TPSA) is 64.8 Å². The number of fused-ring (bicyclic) bond motifs is 1. The molecule has 126 valence electrons. The van der Waals surface area contributed by atoms with E-state index in [0.717, 1.165) is 36.3 Å². The molecule has 7 heteroatoms. The van der Waals surface area contributed by atoms with Crippen LogP contribution in [-0.2, 0) is 17.9 Å². The lowest BCUT2D eigenvalue weighted by Crippen LogP contribution is -2.23. The fourth-order valence-electron chi connectivity index (χ4n) is 3.54. The predicted molar refractivity (Wildman–Crippen MR) is 90.1 cm³/mol. The molecule has 0 bridgehead atoms. The number of nitro benzene ring substituents is 1. The molecule has 0 N–H and O–H groups in total. The predicted octanol–water partition coefficient (Wildman–Crippen LogP) is 3.86. The number of hydrogen-bond acceptors (Lipinski definition) is 6. The van der Waals surface area contributed by atoms with E-state index in [1.807, 2.05) is 0 Å². The molecule has 1 atom stereocenters. The Hall–Kier alpha value is -1.96. The lowest BCUT2D eigenvalue weighted by atomic mass is 10.1. The second-order valence-corrected chi connectivity index (χ2v) is 7.08. The zero-order valence-electron chi connectivity index (χ0n) is 13.1. The van der Waals surface area contributed by atoms with E-state index in [-0.39, 0.29) is 17.4 Å². The molecule has 0 saturated carbocycles. The summed E-state index contributed by atoms with van der Waals surface area (Å²) < 4.78 is 10.9. The van der Waals surface area contributed by atoms with E-state index in [4.69, 9.17) is 9.47 Å². The van der Waals surface area contributed by atoms with Crippen LogP contribution in [0.1, 0.15) is 34.9 Å². The average molecular weight is 346 g/mol. The summed E-state index contributed by atoms with van der Waals surface area (Å²) in [5.41, 5.74) is 1.74. The maximum Gasteiger partial charge on any atom is 0.270 e. The lowest BCUT2D eigenvalue weighted by molar-refractivity contribution is -0.385. The molecule has 4 rings (SSSR count). The molecule has 1 fully saturated rings. The zero-order valence-corrected chi connectivity index (χ0v) is 14.0. The second-order valence-electron chi connectivity index (χ2n) is 6.10. The molecule has 1 unspecified atom stereocenters. The summed E-state index contributed by atoms with van der Waals surface area (Å²) in [6.07, 6.45) is 2.27. The molecule has 1 aromatic carbocycles. The average Bonchev–Trinajstić information content (AvgIpc) is 3.25. The number of hydrogen-bond donors (Lipinski definition) is 0. The minimum absolute atomic E-state index is 0.102. The number of ether oxygens (including phenoxy) is 2. The van der Waals surface area contributed by atoms with Gasteiger partial charge < -0.3 is 9.47 Å². The van der Waals surface area contributed by atoms with Crippen LogP contribution in [0.3, 0.4) is 0 Å². The summed E-state index contributed by atoms with van der Waals surface area (Å²) in [5, 5.41) is 13.3. The van der Waals surface area contributed by atoms with Crippen molar-refractivity contribution in [2.45, 2.75) is 32.0 Å². The van der Waals surface area contributed by atoms with Crippen molar-refractivity contribution in [3.63, 3.8) is 0 Å². The number of likely N-dealkylation sites (tertiary alicyclic amines) is 1. The third kappa shape index (κ3) is 2.90. The molecule has 6 nitrogen and oxygen atoms in total. The van der Waals surface area contributed by atoms with Gasteiger partial charge in [-0.25, -0.2) is 0 Å². The zero-order chi connectivity index (χ0) is 16.5. The van der Waals surface area contributed by atoms with Gasteiger partial charge in [-0.3, -0.25) is 15.0 Å². The van der Waals surface area contributed by atoms with Crippen LogP contribution in [0, 0.1) is 10.1 Å². The lowest BCUT2D eigenvalue weighted by Gasteiger charge is -2.26. The highest BCUT2D eigenvalue weighted by Gasteiger charge is 2.29. The number of benzene rings is 1. The maximum absolute atomic E-state index is 11.2. The Balaban J connectivity index is 1.66. The minimum atomic E-state index is -0.348. The third-order valence-electron chi connectivity index (χ3n) is 4.59. The first-order valence-electron chi connectivity index (χ1n) is 8.00. The van der Waals surface area contributed by atoms with Crippen LogP contribution in [0.2, 0.25) is 0 Å². The van der Waals surface area contributed by atoms with Gasteiger partial charge in [-0.15, -0.1) is 11.3 Å². The van der Waals surface area contributed by atoms with Gasteiger partial charge in [0.15, 0.2) is 6.79 Å². The van der Waals surface area contributed by atoms with Crippen molar-refractivity contribution in [2.75, 3.05) is 13.3 Å². The number of rotatable bonds is 4. The van der Waals surface area contributed by atoms with Gasteiger partial charge in [-0.05, 0) is 30.8 Å². The van der Waals surface area contributed by atoms with E-state index in [2.05, 4.69) is 22.4 Å². The quantitative estimate of drug-likeness (QED) is 0.621. The molecule has 2 aromatic rings. The van der Waals surface area contributed by atoms with Crippen molar-refractivity contribution in [1.82, 2.24) is 4.90 Å². The van der Waals surface area contributed by atoms with Crippen LogP contribution in [0.4, 0.5) is 5.69 Å². The molecule has 1 saturated heterocycles. The summed E-state index contributed by atoms with van der Waals surface area (Å²) >= 11 is 1.77. The first-order chi connectivity index (χ1) is 11.7. The van der Waals surface area contributed by atoms with E-state index < -0.39 is 0 Å². The highest BCUT2D eigenvalue weighted by molar-refractivity contribution is 7.10. The van der Waals surface area contributed by atoms with E-state index in [1.54, 1.807) is 23.5 Å². The van der Waals surface area contributed by atoms with Crippen molar-refractivity contribution < 1.29 is 14.4 Å². The van der Waals surface area contributed by atoms with Gasteiger partial charge in [0.1, 0.15) is 5.75 Å². The van der Waals surface area contributed by atoms with Crippen LogP contribution >= 0.6 is 11.3 Å². The van der Waals surface area contributed by atoms with E-state index in [9.17, 15) is 10.1 Å². The Kier molecular flexibility index (Phi) is 4.22. The highest BCUT2D eigenvalue weighted by atomic mass is 32.1. The third-order valence-corrected chi connectivity index (χ3v) is 5.56. The van der Waals surface area contributed by atoms with Crippen molar-refractivity contribution in [3.8, 4) is 5.75 Å². The van der Waals surface area contributed by atoms with Crippen LogP contribution < -0.4 is 4.74 Å². The van der Waals surface area contributed by atoms with Crippen LogP contribution in [0.25, 0.3) is 0 Å². The molecule has 0 radical (unpaired) electrons. The van der Waals surface area contributed by atoms with Crippen molar-refractivity contribution >= 4 is 17.0 Å². The maximum atomic E-state index is 11.2. The summed E-state index contributed by atoms with van der Waals surface area (Å²) in [7, 11) is 0. The Bertz CT molecular complexity index is 747.